The van der Waals surface area contributed by atoms with Crippen LogP contribution in [0.5, 0.6) is 0 Å². The van der Waals surface area contributed by atoms with Gasteiger partial charge in [0.2, 0.25) is 0 Å². The van der Waals surface area contributed by atoms with E-state index in [0.717, 1.165) is 18.4 Å². The molecule has 0 spiro atoms. The molecule has 1 nitrogen and oxygen atoms in total. The van der Waals surface area contributed by atoms with E-state index in [9.17, 15) is 9.50 Å². The molecule has 2 atom stereocenters. The Morgan fingerprint density at radius 2 is 1.94 bits per heavy atom. The zero-order chi connectivity index (χ0) is 12.0. The fourth-order valence-corrected chi connectivity index (χ4v) is 5.08. The maximum absolute atomic E-state index is 13.6. The van der Waals surface area contributed by atoms with Crippen LogP contribution in [0.2, 0.25) is 0 Å². The number of thioether (sulfide) groups is 1. The van der Waals surface area contributed by atoms with Gasteiger partial charge in [0.15, 0.2) is 0 Å². The molecule has 2 fully saturated rings. The van der Waals surface area contributed by atoms with Crippen LogP contribution in [0.15, 0.2) is 18.2 Å². The lowest BCUT2D eigenvalue weighted by Crippen LogP contribution is -2.35. The van der Waals surface area contributed by atoms with Crippen LogP contribution < -0.4 is 0 Å². The zero-order valence-electron chi connectivity index (χ0n) is 9.95. The van der Waals surface area contributed by atoms with Gasteiger partial charge in [0.05, 0.1) is 5.60 Å². The topological polar surface area (TPSA) is 20.2 Å². The number of halogens is 1. The highest BCUT2D eigenvalue weighted by Gasteiger charge is 2.44. The molecule has 0 saturated carbocycles. The van der Waals surface area contributed by atoms with Crippen LogP contribution >= 0.6 is 11.8 Å². The first-order valence-corrected chi connectivity index (χ1v) is 7.16. The Bertz CT molecular complexity index is 434. The highest BCUT2D eigenvalue weighted by molar-refractivity contribution is 8.00. The lowest BCUT2D eigenvalue weighted by molar-refractivity contribution is 0.0187. The summed E-state index contributed by atoms with van der Waals surface area (Å²) in [7, 11) is 0. The highest BCUT2D eigenvalue weighted by atomic mass is 32.2. The van der Waals surface area contributed by atoms with Crippen LogP contribution in [0.3, 0.4) is 0 Å². The Balaban J connectivity index is 2.00. The summed E-state index contributed by atoms with van der Waals surface area (Å²) in [6, 6.07) is 5.06. The summed E-state index contributed by atoms with van der Waals surface area (Å²) in [5.74, 6) is -0.207. The van der Waals surface area contributed by atoms with Gasteiger partial charge in [-0.25, -0.2) is 4.39 Å². The minimum atomic E-state index is -0.802. The third-order valence-electron chi connectivity index (χ3n) is 4.10. The Morgan fingerprint density at radius 3 is 2.59 bits per heavy atom. The maximum atomic E-state index is 13.6. The average molecular weight is 252 g/mol. The smallest absolute Gasteiger partial charge is 0.126 e. The standard InChI is InChI=1S/C14H17FOS/c1-9-12(3-2-4-13(9)15)14(16)7-10-5-6-11(8-14)17-10/h2-4,10-11,16H,5-8H2,1H3. The van der Waals surface area contributed by atoms with Crippen molar-refractivity contribution in [1.82, 2.24) is 0 Å². The summed E-state index contributed by atoms with van der Waals surface area (Å²) in [6.07, 6.45) is 3.95. The molecule has 2 aliphatic heterocycles. The number of benzene rings is 1. The third-order valence-corrected chi connectivity index (χ3v) is 5.67. The second-order valence-corrected chi connectivity index (χ2v) is 6.92. The Hall–Kier alpha value is -0.540. The summed E-state index contributed by atoms with van der Waals surface area (Å²) in [5.41, 5.74) is 0.611. The molecule has 3 rings (SSSR count). The van der Waals surface area contributed by atoms with E-state index in [0.29, 0.717) is 16.1 Å². The number of hydrogen-bond donors (Lipinski definition) is 1. The second-order valence-electron chi connectivity index (χ2n) is 5.31. The number of fused-ring (bicyclic) bond motifs is 2. The molecule has 2 bridgehead atoms. The molecule has 3 heteroatoms. The van der Waals surface area contributed by atoms with Gasteiger partial charge in [-0.15, -0.1) is 0 Å². The van der Waals surface area contributed by atoms with Gasteiger partial charge in [-0.05, 0) is 49.8 Å². The van der Waals surface area contributed by atoms with Gasteiger partial charge in [0.25, 0.3) is 0 Å². The van der Waals surface area contributed by atoms with Crippen LogP contribution in [0.25, 0.3) is 0 Å². The number of rotatable bonds is 1. The fraction of sp³-hybridized carbons (Fsp3) is 0.571. The number of aliphatic hydroxyl groups is 1. The number of hydrogen-bond acceptors (Lipinski definition) is 2. The first kappa shape index (κ1) is 11.5. The molecule has 92 valence electrons. The molecule has 0 aromatic heterocycles. The van der Waals surface area contributed by atoms with Crippen LogP contribution in [-0.4, -0.2) is 15.6 Å². The van der Waals surface area contributed by atoms with Gasteiger partial charge in [0.1, 0.15) is 5.82 Å². The quantitative estimate of drug-likeness (QED) is 0.827. The minimum Gasteiger partial charge on any atom is -0.385 e. The van der Waals surface area contributed by atoms with Crippen molar-refractivity contribution < 1.29 is 9.50 Å². The van der Waals surface area contributed by atoms with Crippen LogP contribution in [0.4, 0.5) is 4.39 Å². The summed E-state index contributed by atoms with van der Waals surface area (Å²) in [5, 5.41) is 12.0. The van der Waals surface area contributed by atoms with Gasteiger partial charge in [0, 0.05) is 10.5 Å². The van der Waals surface area contributed by atoms with Crippen LogP contribution in [0.1, 0.15) is 36.8 Å². The monoisotopic (exact) mass is 252 g/mol. The van der Waals surface area contributed by atoms with E-state index in [1.165, 1.54) is 18.9 Å². The van der Waals surface area contributed by atoms with Gasteiger partial charge in [-0.1, -0.05) is 12.1 Å². The van der Waals surface area contributed by atoms with Crippen molar-refractivity contribution in [3.05, 3.63) is 35.1 Å². The molecule has 0 radical (unpaired) electrons. The largest absolute Gasteiger partial charge is 0.385 e. The van der Waals surface area contributed by atoms with Crippen molar-refractivity contribution >= 4 is 11.8 Å². The molecule has 0 amide bonds. The molecule has 1 N–H and O–H groups in total. The van der Waals surface area contributed by atoms with Gasteiger partial charge in [-0.2, -0.15) is 11.8 Å². The molecular formula is C14H17FOS. The van der Waals surface area contributed by atoms with E-state index in [1.807, 2.05) is 17.8 Å². The maximum Gasteiger partial charge on any atom is 0.126 e. The van der Waals surface area contributed by atoms with Crippen molar-refractivity contribution in [2.24, 2.45) is 0 Å². The minimum absolute atomic E-state index is 0.207. The summed E-state index contributed by atoms with van der Waals surface area (Å²) < 4.78 is 13.6. The zero-order valence-corrected chi connectivity index (χ0v) is 10.8. The normalized spacial score (nSPS) is 36.2. The van der Waals surface area contributed by atoms with Crippen molar-refractivity contribution in [3.63, 3.8) is 0 Å². The molecule has 2 unspecified atom stereocenters. The Kier molecular flexibility index (Phi) is 2.71. The van der Waals surface area contributed by atoms with E-state index < -0.39 is 5.60 Å². The molecular weight excluding hydrogens is 235 g/mol. The lowest BCUT2D eigenvalue weighted by Gasteiger charge is -2.37. The van der Waals surface area contributed by atoms with Gasteiger partial charge < -0.3 is 5.11 Å². The van der Waals surface area contributed by atoms with Crippen LogP contribution in [-0.2, 0) is 5.60 Å². The average Bonchev–Trinajstić information content (AvgIpc) is 2.62. The predicted molar refractivity (Wildman–Crippen MR) is 68.7 cm³/mol. The molecule has 17 heavy (non-hydrogen) atoms. The summed E-state index contributed by atoms with van der Waals surface area (Å²) >= 11 is 2.01. The predicted octanol–water partition coefficient (Wildman–Crippen LogP) is 3.38. The van der Waals surface area contributed by atoms with Crippen molar-refractivity contribution in [3.8, 4) is 0 Å². The van der Waals surface area contributed by atoms with Crippen molar-refractivity contribution in [1.29, 1.82) is 0 Å². The second kappa shape index (κ2) is 3.99. The van der Waals surface area contributed by atoms with Crippen molar-refractivity contribution in [2.75, 3.05) is 0 Å². The fourth-order valence-electron chi connectivity index (χ4n) is 3.25. The lowest BCUT2D eigenvalue weighted by atomic mass is 9.83. The first-order chi connectivity index (χ1) is 8.08. The van der Waals surface area contributed by atoms with Gasteiger partial charge >= 0.3 is 0 Å². The highest BCUT2D eigenvalue weighted by Crippen LogP contribution is 2.51. The van der Waals surface area contributed by atoms with E-state index in [4.69, 9.17) is 0 Å². The van der Waals surface area contributed by atoms with Crippen molar-refractivity contribution in [2.45, 2.75) is 48.7 Å². The molecule has 2 aliphatic rings. The van der Waals surface area contributed by atoms with E-state index >= 15 is 0 Å². The molecule has 0 aliphatic carbocycles. The molecule has 1 aromatic rings. The van der Waals surface area contributed by atoms with Crippen LogP contribution in [0, 0.1) is 12.7 Å². The molecule has 2 saturated heterocycles. The Morgan fingerprint density at radius 1 is 1.29 bits per heavy atom. The van der Waals surface area contributed by atoms with E-state index in [-0.39, 0.29) is 5.82 Å². The molecule has 1 aromatic carbocycles. The summed E-state index contributed by atoms with van der Waals surface area (Å²) in [4.78, 5) is 0. The van der Waals surface area contributed by atoms with E-state index in [1.54, 1.807) is 13.0 Å². The van der Waals surface area contributed by atoms with Gasteiger partial charge in [-0.3, -0.25) is 0 Å². The Labute approximate surface area is 105 Å². The van der Waals surface area contributed by atoms with E-state index in [2.05, 4.69) is 0 Å². The SMILES string of the molecule is Cc1c(F)cccc1C1(O)CC2CCC(C1)S2. The summed E-state index contributed by atoms with van der Waals surface area (Å²) in [6.45, 7) is 1.77. The molecule has 2 heterocycles. The third kappa shape index (κ3) is 1.89. The first-order valence-electron chi connectivity index (χ1n) is 6.22.